The lowest BCUT2D eigenvalue weighted by Crippen LogP contribution is -2.39. The fraction of sp³-hybridized carbons (Fsp3) is 0.235. The third-order valence-electron chi connectivity index (χ3n) is 3.68. The molecule has 0 radical (unpaired) electrons. The number of nitro groups is 1. The van der Waals surface area contributed by atoms with Crippen LogP contribution in [-0.4, -0.2) is 16.9 Å². The monoisotopic (exact) mass is 381 g/mol. The molecule has 0 heterocycles. The topological polar surface area (TPSA) is 84.3 Å². The number of nitrogens with zero attached hydrogens (tertiary/aromatic N) is 1. The predicted octanol–water partition coefficient (Wildman–Crippen LogP) is 4.58. The van der Waals surface area contributed by atoms with E-state index in [1.54, 1.807) is 13.0 Å². The normalized spacial score (nSPS) is 13.1. The Balaban J connectivity index is 2.07. The molecule has 0 aliphatic rings. The summed E-state index contributed by atoms with van der Waals surface area (Å²) in [7, 11) is 0. The zero-order valence-corrected chi connectivity index (χ0v) is 15.1. The summed E-state index contributed by atoms with van der Waals surface area (Å²) in [6.45, 7) is 3.58. The van der Waals surface area contributed by atoms with Gasteiger partial charge >= 0.3 is 0 Å². The second-order valence-corrected chi connectivity index (χ2v) is 6.36. The van der Waals surface area contributed by atoms with Gasteiger partial charge in [-0.05, 0) is 31.5 Å². The fourth-order valence-corrected chi connectivity index (χ4v) is 2.79. The number of nitro benzene ring substituents is 1. The van der Waals surface area contributed by atoms with Gasteiger partial charge in [-0.2, -0.15) is 0 Å². The molecule has 0 aromatic heterocycles. The zero-order valence-electron chi connectivity index (χ0n) is 13.6. The molecule has 2 unspecified atom stereocenters. The molecule has 2 aromatic carbocycles. The Labute approximate surface area is 155 Å². The van der Waals surface area contributed by atoms with E-state index < -0.39 is 11.0 Å². The first-order chi connectivity index (χ1) is 11.8. The van der Waals surface area contributed by atoms with Gasteiger partial charge in [-0.15, -0.1) is 0 Å². The van der Waals surface area contributed by atoms with Gasteiger partial charge in [0.05, 0.1) is 21.7 Å². The molecule has 0 fully saturated rings. The van der Waals surface area contributed by atoms with Crippen LogP contribution in [0.5, 0.6) is 0 Å². The number of carbonyl (C=O) groups excluding carboxylic acids is 1. The molecule has 132 valence electrons. The van der Waals surface area contributed by atoms with E-state index in [-0.39, 0.29) is 28.3 Å². The molecule has 2 atom stereocenters. The Kier molecular flexibility index (Phi) is 6.36. The lowest BCUT2D eigenvalue weighted by Gasteiger charge is -2.21. The maximum absolute atomic E-state index is 12.4. The van der Waals surface area contributed by atoms with E-state index in [4.69, 9.17) is 23.2 Å². The number of amides is 1. The number of rotatable bonds is 6. The van der Waals surface area contributed by atoms with E-state index in [2.05, 4.69) is 10.6 Å². The highest BCUT2D eigenvalue weighted by atomic mass is 35.5. The number of carbonyl (C=O) groups is 1. The summed E-state index contributed by atoms with van der Waals surface area (Å²) in [5.41, 5.74) is 0.918. The molecule has 0 bridgehead atoms. The SMILES string of the molecule is CC(NC(C)c1ccccc1Cl)C(=O)Nc1cc([N+](=O)[O-])ccc1Cl. The highest BCUT2D eigenvalue weighted by Crippen LogP contribution is 2.27. The van der Waals surface area contributed by atoms with Crippen LogP contribution in [0.25, 0.3) is 0 Å². The minimum Gasteiger partial charge on any atom is -0.323 e. The van der Waals surface area contributed by atoms with Gasteiger partial charge in [0.1, 0.15) is 0 Å². The first-order valence-corrected chi connectivity index (χ1v) is 8.30. The average Bonchev–Trinajstić information content (AvgIpc) is 2.56. The summed E-state index contributed by atoms with van der Waals surface area (Å²) >= 11 is 12.2. The summed E-state index contributed by atoms with van der Waals surface area (Å²) < 4.78 is 0. The van der Waals surface area contributed by atoms with Gasteiger partial charge in [-0.25, -0.2) is 0 Å². The maximum Gasteiger partial charge on any atom is 0.271 e. The van der Waals surface area contributed by atoms with Gasteiger partial charge in [0, 0.05) is 23.2 Å². The third-order valence-corrected chi connectivity index (χ3v) is 4.36. The highest BCUT2D eigenvalue weighted by molar-refractivity contribution is 6.33. The molecule has 6 nitrogen and oxygen atoms in total. The molecule has 0 saturated carbocycles. The van der Waals surface area contributed by atoms with E-state index in [1.165, 1.54) is 18.2 Å². The number of nitrogens with one attached hydrogen (secondary N) is 2. The molecule has 8 heteroatoms. The Hall–Kier alpha value is -2.15. The van der Waals surface area contributed by atoms with E-state index in [0.717, 1.165) is 5.56 Å². The van der Waals surface area contributed by atoms with Gasteiger partial charge in [0.25, 0.3) is 5.69 Å². The van der Waals surface area contributed by atoms with Crippen molar-refractivity contribution in [1.29, 1.82) is 0 Å². The predicted molar refractivity (Wildman–Crippen MR) is 99.2 cm³/mol. The van der Waals surface area contributed by atoms with E-state index >= 15 is 0 Å². The first-order valence-electron chi connectivity index (χ1n) is 7.55. The quantitative estimate of drug-likeness (QED) is 0.566. The zero-order chi connectivity index (χ0) is 18.6. The minimum atomic E-state index is -0.568. The lowest BCUT2D eigenvalue weighted by molar-refractivity contribution is -0.384. The number of hydrogen-bond acceptors (Lipinski definition) is 4. The van der Waals surface area contributed by atoms with Gasteiger partial charge in [-0.3, -0.25) is 20.2 Å². The van der Waals surface area contributed by atoms with Crippen molar-refractivity contribution in [3.63, 3.8) is 0 Å². The standard InChI is InChI=1S/C17H17Cl2N3O3/c1-10(13-5-3-4-6-14(13)18)20-11(2)17(23)21-16-9-12(22(24)25)7-8-15(16)19/h3-11,20H,1-2H3,(H,21,23). The molecule has 2 aromatic rings. The first kappa shape index (κ1) is 19.2. The molecule has 0 spiro atoms. The number of anilines is 1. The van der Waals surface area contributed by atoms with Crippen molar-refractivity contribution < 1.29 is 9.72 Å². The van der Waals surface area contributed by atoms with Gasteiger partial charge in [0.15, 0.2) is 0 Å². The Morgan fingerprint density at radius 3 is 2.44 bits per heavy atom. The maximum atomic E-state index is 12.4. The molecule has 1 amide bonds. The fourth-order valence-electron chi connectivity index (χ4n) is 2.33. The van der Waals surface area contributed by atoms with Crippen LogP contribution in [0.4, 0.5) is 11.4 Å². The van der Waals surface area contributed by atoms with Crippen LogP contribution in [0.15, 0.2) is 42.5 Å². The van der Waals surface area contributed by atoms with Gasteiger partial charge in [0.2, 0.25) is 5.91 Å². The molecular formula is C17H17Cl2N3O3. The number of halogens is 2. The summed E-state index contributed by atoms with van der Waals surface area (Å²) in [5.74, 6) is -0.360. The highest BCUT2D eigenvalue weighted by Gasteiger charge is 2.19. The smallest absolute Gasteiger partial charge is 0.271 e. The van der Waals surface area contributed by atoms with Crippen LogP contribution in [-0.2, 0) is 4.79 Å². The number of hydrogen-bond donors (Lipinski definition) is 2. The molecule has 0 saturated heterocycles. The molecule has 2 N–H and O–H groups in total. The van der Waals surface area contributed by atoms with Crippen LogP contribution in [0.1, 0.15) is 25.5 Å². The van der Waals surface area contributed by atoms with E-state index in [9.17, 15) is 14.9 Å². The summed E-state index contributed by atoms with van der Waals surface area (Å²) in [6.07, 6.45) is 0. The third kappa shape index (κ3) is 4.92. The largest absolute Gasteiger partial charge is 0.323 e. The molecule has 25 heavy (non-hydrogen) atoms. The molecular weight excluding hydrogens is 365 g/mol. The van der Waals surface area contributed by atoms with Crippen molar-refractivity contribution in [1.82, 2.24) is 5.32 Å². The Morgan fingerprint density at radius 1 is 1.12 bits per heavy atom. The number of benzene rings is 2. The molecule has 2 rings (SSSR count). The Bertz CT molecular complexity index is 798. The molecule has 0 aliphatic carbocycles. The van der Waals surface area contributed by atoms with E-state index in [1.807, 2.05) is 25.1 Å². The average molecular weight is 382 g/mol. The van der Waals surface area contributed by atoms with Crippen LogP contribution in [0, 0.1) is 10.1 Å². The van der Waals surface area contributed by atoms with Crippen LogP contribution < -0.4 is 10.6 Å². The number of non-ortho nitro benzene ring substituents is 1. The second-order valence-electron chi connectivity index (χ2n) is 5.54. The minimum absolute atomic E-state index is 0.148. The van der Waals surface area contributed by atoms with E-state index in [0.29, 0.717) is 5.02 Å². The van der Waals surface area contributed by atoms with Crippen molar-refractivity contribution in [3.8, 4) is 0 Å². The van der Waals surface area contributed by atoms with Crippen molar-refractivity contribution >= 4 is 40.5 Å². The van der Waals surface area contributed by atoms with Crippen LogP contribution >= 0.6 is 23.2 Å². The summed E-state index contributed by atoms with van der Waals surface area (Å²) in [6, 6.07) is 10.5. The second kappa shape index (κ2) is 8.29. The van der Waals surface area contributed by atoms with Crippen molar-refractivity contribution in [2.24, 2.45) is 0 Å². The van der Waals surface area contributed by atoms with Crippen molar-refractivity contribution in [3.05, 3.63) is 68.2 Å². The summed E-state index contributed by atoms with van der Waals surface area (Å²) in [5, 5.41) is 17.4. The van der Waals surface area contributed by atoms with Crippen LogP contribution in [0.3, 0.4) is 0 Å². The van der Waals surface area contributed by atoms with Gasteiger partial charge in [-0.1, -0.05) is 41.4 Å². The van der Waals surface area contributed by atoms with Gasteiger partial charge < -0.3 is 5.32 Å². The van der Waals surface area contributed by atoms with Crippen molar-refractivity contribution in [2.45, 2.75) is 25.9 Å². The summed E-state index contributed by atoms with van der Waals surface area (Å²) in [4.78, 5) is 22.7. The van der Waals surface area contributed by atoms with Crippen LogP contribution in [0.2, 0.25) is 10.0 Å². The lowest BCUT2D eigenvalue weighted by atomic mass is 10.1. The van der Waals surface area contributed by atoms with Crippen molar-refractivity contribution in [2.75, 3.05) is 5.32 Å². The Morgan fingerprint density at radius 2 is 1.80 bits per heavy atom. The molecule has 0 aliphatic heterocycles.